The summed E-state index contributed by atoms with van der Waals surface area (Å²) >= 11 is 0. The lowest BCUT2D eigenvalue weighted by Crippen LogP contribution is -2.41. The number of nitrogens with zero attached hydrogens (tertiary/aromatic N) is 2. The highest BCUT2D eigenvalue weighted by atomic mass is 16.6. The summed E-state index contributed by atoms with van der Waals surface area (Å²) in [4.78, 5) is 31.1. The van der Waals surface area contributed by atoms with Crippen LogP contribution in [0.5, 0.6) is 0 Å². The predicted molar refractivity (Wildman–Crippen MR) is 143 cm³/mol. The third-order valence-corrected chi connectivity index (χ3v) is 6.21. The fourth-order valence-electron chi connectivity index (χ4n) is 4.12. The minimum Gasteiger partial charge on any atom is -0.445 e. The van der Waals surface area contributed by atoms with Crippen molar-refractivity contribution in [3.63, 3.8) is 0 Å². The van der Waals surface area contributed by atoms with E-state index >= 15 is 0 Å². The predicted octanol–water partition coefficient (Wildman–Crippen LogP) is 5.15. The van der Waals surface area contributed by atoms with E-state index in [1.54, 1.807) is 23.2 Å². The van der Waals surface area contributed by atoms with Crippen molar-refractivity contribution in [1.82, 2.24) is 15.2 Å². The zero-order valence-electron chi connectivity index (χ0n) is 19.9. The van der Waals surface area contributed by atoms with E-state index in [2.05, 4.69) is 27.8 Å². The van der Waals surface area contributed by atoms with Crippen LogP contribution in [0, 0.1) is 5.92 Å². The number of likely N-dealkylation sites (tertiary alicyclic amines) is 1. The van der Waals surface area contributed by atoms with E-state index < -0.39 is 0 Å². The van der Waals surface area contributed by atoms with Crippen molar-refractivity contribution in [2.24, 2.45) is 5.92 Å². The third-order valence-electron chi connectivity index (χ3n) is 6.21. The SMILES string of the molecule is C.O=C(NCC1CCN(C(=O)OCc2ccccc2)CC1)c1ccnc(NCCc2ccccc2)c1. The Labute approximate surface area is 213 Å². The first-order valence-corrected chi connectivity index (χ1v) is 12.1. The number of rotatable bonds is 9. The molecular weight excluding hydrogens is 452 g/mol. The van der Waals surface area contributed by atoms with Gasteiger partial charge in [-0.25, -0.2) is 9.78 Å². The molecule has 0 saturated carbocycles. The first kappa shape index (κ1) is 26.7. The van der Waals surface area contributed by atoms with Crippen LogP contribution in [0.1, 0.15) is 41.8 Å². The van der Waals surface area contributed by atoms with Gasteiger partial charge >= 0.3 is 6.09 Å². The quantitative estimate of drug-likeness (QED) is 0.435. The van der Waals surface area contributed by atoms with E-state index in [9.17, 15) is 9.59 Å². The fraction of sp³-hybridized carbons (Fsp3) is 0.345. The van der Waals surface area contributed by atoms with Crippen molar-refractivity contribution >= 4 is 17.8 Å². The number of hydrogen-bond donors (Lipinski definition) is 2. The van der Waals surface area contributed by atoms with Crippen LogP contribution in [0.15, 0.2) is 79.0 Å². The number of carbonyl (C=O) groups is 2. The maximum atomic E-state index is 12.7. The van der Waals surface area contributed by atoms with E-state index in [0.717, 1.165) is 31.4 Å². The normalized spacial score (nSPS) is 13.4. The van der Waals surface area contributed by atoms with Gasteiger partial charge in [0.05, 0.1) is 0 Å². The molecule has 36 heavy (non-hydrogen) atoms. The summed E-state index contributed by atoms with van der Waals surface area (Å²) in [7, 11) is 0. The van der Waals surface area contributed by atoms with Gasteiger partial charge in [-0.1, -0.05) is 68.1 Å². The second kappa shape index (κ2) is 13.9. The maximum absolute atomic E-state index is 12.7. The molecule has 0 atom stereocenters. The van der Waals surface area contributed by atoms with E-state index in [1.165, 1.54) is 5.56 Å². The number of pyridine rings is 1. The molecule has 0 aliphatic carbocycles. The molecule has 0 unspecified atom stereocenters. The summed E-state index contributed by atoms with van der Waals surface area (Å²) in [5.74, 6) is 0.918. The molecule has 1 saturated heterocycles. The first-order chi connectivity index (χ1) is 17.2. The van der Waals surface area contributed by atoms with Crippen LogP contribution in [-0.2, 0) is 17.8 Å². The minimum atomic E-state index is -0.277. The van der Waals surface area contributed by atoms with Crippen molar-refractivity contribution < 1.29 is 14.3 Å². The third kappa shape index (κ3) is 8.12. The number of amides is 2. The molecule has 0 spiro atoms. The number of hydrogen-bond acceptors (Lipinski definition) is 5. The molecule has 1 aliphatic heterocycles. The first-order valence-electron chi connectivity index (χ1n) is 12.1. The number of carbonyl (C=O) groups excluding carboxylic acids is 2. The Kier molecular flexibility index (Phi) is 10.3. The molecule has 2 heterocycles. The Morgan fingerprint density at radius 1 is 0.944 bits per heavy atom. The summed E-state index contributed by atoms with van der Waals surface area (Å²) in [6.07, 6.45) is 3.93. The van der Waals surface area contributed by atoms with E-state index in [-0.39, 0.29) is 26.0 Å². The largest absolute Gasteiger partial charge is 0.445 e. The Balaban J connectivity index is 0.00000361. The highest BCUT2D eigenvalue weighted by Crippen LogP contribution is 2.18. The summed E-state index contributed by atoms with van der Waals surface area (Å²) in [5.41, 5.74) is 2.82. The van der Waals surface area contributed by atoms with Crippen LogP contribution in [0.4, 0.5) is 10.6 Å². The number of anilines is 1. The van der Waals surface area contributed by atoms with Gasteiger partial charge < -0.3 is 20.3 Å². The van der Waals surface area contributed by atoms with Crippen LogP contribution >= 0.6 is 0 Å². The van der Waals surface area contributed by atoms with E-state index in [1.807, 2.05) is 48.5 Å². The highest BCUT2D eigenvalue weighted by Gasteiger charge is 2.24. The van der Waals surface area contributed by atoms with Crippen LogP contribution in [0.3, 0.4) is 0 Å². The summed E-state index contributed by atoms with van der Waals surface area (Å²) in [6, 6.07) is 23.4. The second-order valence-corrected chi connectivity index (χ2v) is 8.77. The zero-order chi connectivity index (χ0) is 24.3. The van der Waals surface area contributed by atoms with E-state index in [0.29, 0.717) is 36.9 Å². The molecule has 4 rings (SSSR count). The van der Waals surface area contributed by atoms with Crippen molar-refractivity contribution in [2.75, 3.05) is 31.5 Å². The lowest BCUT2D eigenvalue weighted by Gasteiger charge is -2.31. The molecule has 1 fully saturated rings. The van der Waals surface area contributed by atoms with Gasteiger partial charge in [0.2, 0.25) is 0 Å². The van der Waals surface area contributed by atoms with Crippen molar-refractivity contribution in [3.8, 4) is 0 Å². The Morgan fingerprint density at radius 3 is 2.31 bits per heavy atom. The standard InChI is InChI=1S/C28H32N4O3.CH4/c33-27(25-12-16-30-26(19-25)29-15-11-22-7-3-1-4-8-22)31-20-23-13-17-32(18-14-23)28(34)35-21-24-9-5-2-6-10-24;/h1-10,12,16,19,23H,11,13-15,17-18,20-21H2,(H,29,30)(H,31,33);1H4. The lowest BCUT2D eigenvalue weighted by molar-refractivity contribution is 0.0801. The van der Waals surface area contributed by atoms with Gasteiger partial charge in [0, 0.05) is 37.9 Å². The molecule has 2 amide bonds. The molecule has 3 aromatic rings. The molecule has 2 aromatic carbocycles. The Bertz CT molecular complexity index is 1080. The van der Waals surface area contributed by atoms with Gasteiger partial charge in [0.15, 0.2) is 0 Å². The Morgan fingerprint density at radius 2 is 1.61 bits per heavy atom. The van der Waals surface area contributed by atoms with Crippen molar-refractivity contribution in [3.05, 3.63) is 95.7 Å². The summed E-state index contributed by atoms with van der Waals surface area (Å²) in [6.45, 7) is 2.89. The number of ether oxygens (including phenoxy) is 1. The molecule has 1 aliphatic rings. The number of piperidine rings is 1. The van der Waals surface area contributed by atoms with Gasteiger partial charge in [-0.2, -0.15) is 0 Å². The zero-order valence-corrected chi connectivity index (χ0v) is 19.9. The fourth-order valence-corrected chi connectivity index (χ4v) is 4.12. The van der Waals surface area contributed by atoms with Crippen LogP contribution in [-0.4, -0.2) is 48.1 Å². The number of nitrogens with one attached hydrogen (secondary N) is 2. The van der Waals surface area contributed by atoms with Gasteiger partial charge in [-0.05, 0) is 48.4 Å². The minimum absolute atomic E-state index is 0. The number of benzene rings is 2. The topological polar surface area (TPSA) is 83.6 Å². The smallest absolute Gasteiger partial charge is 0.410 e. The van der Waals surface area contributed by atoms with E-state index in [4.69, 9.17) is 4.74 Å². The molecular formula is C29H36N4O3. The highest BCUT2D eigenvalue weighted by molar-refractivity contribution is 5.94. The van der Waals surface area contributed by atoms with Crippen LogP contribution in [0.2, 0.25) is 0 Å². The van der Waals surface area contributed by atoms with Crippen LogP contribution < -0.4 is 10.6 Å². The van der Waals surface area contributed by atoms with Gasteiger partial charge in [0.1, 0.15) is 12.4 Å². The van der Waals surface area contributed by atoms with Gasteiger partial charge in [0.25, 0.3) is 5.91 Å². The Hall–Kier alpha value is -3.87. The average molecular weight is 489 g/mol. The summed E-state index contributed by atoms with van der Waals surface area (Å²) < 4.78 is 5.43. The second-order valence-electron chi connectivity index (χ2n) is 8.77. The van der Waals surface area contributed by atoms with Crippen molar-refractivity contribution in [2.45, 2.75) is 33.3 Å². The number of aromatic nitrogens is 1. The molecule has 2 N–H and O–H groups in total. The van der Waals surface area contributed by atoms with Gasteiger partial charge in [-0.15, -0.1) is 0 Å². The average Bonchev–Trinajstić information content (AvgIpc) is 2.92. The molecule has 7 nitrogen and oxygen atoms in total. The molecule has 7 heteroatoms. The van der Waals surface area contributed by atoms with Gasteiger partial charge in [-0.3, -0.25) is 4.79 Å². The molecule has 0 radical (unpaired) electrons. The maximum Gasteiger partial charge on any atom is 0.410 e. The molecule has 0 bridgehead atoms. The lowest BCUT2D eigenvalue weighted by atomic mass is 9.97. The van der Waals surface area contributed by atoms with Crippen molar-refractivity contribution in [1.29, 1.82) is 0 Å². The van der Waals surface area contributed by atoms with Crippen LogP contribution in [0.25, 0.3) is 0 Å². The molecule has 190 valence electrons. The monoisotopic (exact) mass is 488 g/mol. The molecule has 1 aromatic heterocycles. The summed E-state index contributed by atoms with van der Waals surface area (Å²) in [5, 5.41) is 6.33.